The first-order chi connectivity index (χ1) is 13.9. The average Bonchev–Trinajstić information content (AvgIpc) is 3.15. The lowest BCUT2D eigenvalue weighted by Crippen LogP contribution is -2.12. The van der Waals surface area contributed by atoms with Crippen molar-refractivity contribution in [3.05, 3.63) is 75.9 Å². The normalized spacial score (nSPS) is 11.5. The van der Waals surface area contributed by atoms with Gasteiger partial charge >= 0.3 is 0 Å². The Bertz CT molecular complexity index is 1130. The summed E-state index contributed by atoms with van der Waals surface area (Å²) in [6.45, 7) is 1.92. The summed E-state index contributed by atoms with van der Waals surface area (Å²) >= 11 is 4.53. The standard InChI is InChI=1S/C19H17BrN4O3S2/c1-2-18-22-23-19(28-18)24-29(26,27)16-9-7-15(8-10-16)21-12-11-17(25)13-3-5-14(20)6-4-13/h3-12,21H,2H2,1H3,(H,23,24). The highest BCUT2D eigenvalue weighted by Crippen LogP contribution is 2.21. The van der Waals surface area contributed by atoms with Crippen LogP contribution in [-0.4, -0.2) is 24.4 Å². The average molecular weight is 493 g/mol. The van der Waals surface area contributed by atoms with E-state index >= 15 is 0 Å². The first-order valence-electron chi connectivity index (χ1n) is 8.55. The highest BCUT2D eigenvalue weighted by atomic mass is 79.9. The second-order valence-electron chi connectivity index (χ2n) is 5.83. The number of aromatic nitrogens is 2. The lowest BCUT2D eigenvalue weighted by Gasteiger charge is -2.06. The summed E-state index contributed by atoms with van der Waals surface area (Å²) in [5, 5.41) is 11.7. The summed E-state index contributed by atoms with van der Waals surface area (Å²) in [4.78, 5) is 12.2. The smallest absolute Gasteiger partial charge is 0.263 e. The summed E-state index contributed by atoms with van der Waals surface area (Å²) in [6.07, 6.45) is 3.62. The van der Waals surface area contributed by atoms with Crippen molar-refractivity contribution in [2.45, 2.75) is 18.2 Å². The highest BCUT2D eigenvalue weighted by molar-refractivity contribution is 9.10. The van der Waals surface area contributed by atoms with Crippen molar-refractivity contribution in [3.63, 3.8) is 0 Å². The Labute approximate surface area is 181 Å². The molecule has 0 aliphatic heterocycles. The fraction of sp³-hybridized carbons (Fsp3) is 0.105. The molecule has 150 valence electrons. The number of carbonyl (C=O) groups is 1. The van der Waals surface area contributed by atoms with Crippen LogP contribution in [0.2, 0.25) is 0 Å². The van der Waals surface area contributed by atoms with Gasteiger partial charge in [0.05, 0.1) is 4.90 Å². The summed E-state index contributed by atoms with van der Waals surface area (Å²) in [5.74, 6) is -0.142. The summed E-state index contributed by atoms with van der Waals surface area (Å²) in [5.41, 5.74) is 1.22. The minimum absolute atomic E-state index is 0.103. The number of benzene rings is 2. The van der Waals surface area contributed by atoms with Gasteiger partial charge in [0.2, 0.25) is 5.13 Å². The number of nitrogens with one attached hydrogen (secondary N) is 2. The van der Waals surface area contributed by atoms with Crippen LogP contribution in [0.1, 0.15) is 22.3 Å². The van der Waals surface area contributed by atoms with Crippen LogP contribution < -0.4 is 10.0 Å². The quantitative estimate of drug-likeness (QED) is 0.355. The molecule has 0 spiro atoms. The van der Waals surface area contributed by atoms with Gasteiger partial charge < -0.3 is 5.32 Å². The number of hydrogen-bond acceptors (Lipinski definition) is 7. The molecule has 29 heavy (non-hydrogen) atoms. The Balaban J connectivity index is 1.61. The van der Waals surface area contributed by atoms with E-state index in [1.54, 1.807) is 36.4 Å². The van der Waals surface area contributed by atoms with E-state index in [0.717, 1.165) is 9.48 Å². The minimum atomic E-state index is -3.74. The molecule has 1 aromatic heterocycles. The Morgan fingerprint density at radius 2 is 1.79 bits per heavy atom. The summed E-state index contributed by atoms with van der Waals surface area (Å²) in [6, 6.07) is 13.2. The van der Waals surface area contributed by atoms with E-state index in [9.17, 15) is 13.2 Å². The van der Waals surface area contributed by atoms with Gasteiger partial charge in [0, 0.05) is 28.0 Å². The summed E-state index contributed by atoms with van der Waals surface area (Å²) < 4.78 is 28.2. The lowest BCUT2D eigenvalue weighted by molar-refractivity contribution is 0.104. The van der Waals surface area contributed by atoms with Crippen molar-refractivity contribution in [1.29, 1.82) is 0 Å². The second kappa shape index (κ2) is 9.29. The maximum absolute atomic E-state index is 12.4. The molecule has 0 bridgehead atoms. The van der Waals surface area contributed by atoms with E-state index in [1.165, 1.54) is 35.7 Å². The third-order valence-electron chi connectivity index (χ3n) is 3.77. The minimum Gasteiger partial charge on any atom is -0.362 e. The first-order valence-corrected chi connectivity index (χ1v) is 11.6. The van der Waals surface area contributed by atoms with Gasteiger partial charge in [-0.15, -0.1) is 10.2 Å². The number of rotatable bonds is 8. The zero-order valence-electron chi connectivity index (χ0n) is 15.3. The Kier molecular flexibility index (Phi) is 6.78. The Hall–Kier alpha value is -2.56. The zero-order valence-corrected chi connectivity index (χ0v) is 18.5. The Morgan fingerprint density at radius 1 is 1.10 bits per heavy atom. The third kappa shape index (κ3) is 5.72. The fourth-order valence-corrected chi connectivity index (χ4v) is 4.44. The number of nitrogens with zero attached hydrogens (tertiary/aromatic N) is 2. The van der Waals surface area contributed by atoms with Gasteiger partial charge in [-0.05, 0) is 55.0 Å². The molecule has 2 aromatic carbocycles. The van der Waals surface area contributed by atoms with Gasteiger partial charge in [0.15, 0.2) is 5.78 Å². The molecular formula is C19H17BrN4O3S2. The van der Waals surface area contributed by atoms with Gasteiger partial charge in [0.25, 0.3) is 10.0 Å². The van der Waals surface area contributed by atoms with E-state index < -0.39 is 10.0 Å². The monoisotopic (exact) mass is 492 g/mol. The number of ketones is 1. The van der Waals surface area contributed by atoms with Crippen molar-refractivity contribution in [1.82, 2.24) is 10.2 Å². The van der Waals surface area contributed by atoms with Crippen LogP contribution in [0.4, 0.5) is 10.8 Å². The predicted molar refractivity (Wildman–Crippen MR) is 118 cm³/mol. The molecule has 0 atom stereocenters. The molecule has 1 heterocycles. The zero-order chi connectivity index (χ0) is 20.9. The number of halogens is 1. The van der Waals surface area contributed by atoms with Crippen LogP contribution in [0, 0.1) is 0 Å². The van der Waals surface area contributed by atoms with E-state index in [4.69, 9.17) is 0 Å². The van der Waals surface area contributed by atoms with Crippen molar-refractivity contribution < 1.29 is 13.2 Å². The Morgan fingerprint density at radius 3 is 2.41 bits per heavy atom. The molecular weight excluding hydrogens is 476 g/mol. The molecule has 0 saturated carbocycles. The molecule has 0 saturated heterocycles. The molecule has 7 nitrogen and oxygen atoms in total. The number of sulfonamides is 1. The van der Waals surface area contributed by atoms with Crippen LogP contribution >= 0.6 is 27.3 Å². The molecule has 0 fully saturated rings. The van der Waals surface area contributed by atoms with E-state index in [-0.39, 0.29) is 15.8 Å². The maximum Gasteiger partial charge on any atom is 0.263 e. The molecule has 0 radical (unpaired) electrons. The van der Waals surface area contributed by atoms with Crippen LogP contribution in [0.25, 0.3) is 0 Å². The van der Waals surface area contributed by atoms with Crippen molar-refractivity contribution in [2.75, 3.05) is 10.0 Å². The second-order valence-corrected chi connectivity index (χ2v) is 9.49. The topological polar surface area (TPSA) is 101 Å². The molecule has 0 unspecified atom stereocenters. The van der Waals surface area contributed by atoms with E-state index in [1.807, 2.05) is 6.92 Å². The number of aryl methyl sites for hydroxylation is 1. The van der Waals surface area contributed by atoms with Gasteiger partial charge in [-0.25, -0.2) is 8.42 Å². The summed E-state index contributed by atoms with van der Waals surface area (Å²) in [7, 11) is -3.74. The van der Waals surface area contributed by atoms with E-state index in [0.29, 0.717) is 17.7 Å². The number of hydrogen-bond donors (Lipinski definition) is 2. The number of anilines is 2. The van der Waals surface area contributed by atoms with E-state index in [2.05, 4.69) is 36.2 Å². The molecule has 10 heteroatoms. The SMILES string of the molecule is CCc1nnc(NS(=O)(=O)c2ccc(NC=CC(=O)c3ccc(Br)cc3)cc2)s1. The molecule has 0 aliphatic carbocycles. The highest BCUT2D eigenvalue weighted by Gasteiger charge is 2.16. The third-order valence-corrected chi connectivity index (χ3v) is 6.76. The number of allylic oxidation sites excluding steroid dienone is 1. The molecule has 0 amide bonds. The van der Waals surface area contributed by atoms with Gasteiger partial charge in [-0.1, -0.05) is 34.2 Å². The maximum atomic E-state index is 12.4. The molecule has 2 N–H and O–H groups in total. The molecule has 3 aromatic rings. The van der Waals surface area contributed by atoms with Crippen LogP contribution in [0.15, 0.2) is 70.2 Å². The molecule has 3 rings (SSSR count). The first kappa shape index (κ1) is 21.2. The van der Waals surface area contributed by atoms with Crippen LogP contribution in [0.5, 0.6) is 0 Å². The molecule has 0 aliphatic rings. The van der Waals surface area contributed by atoms with Crippen LogP contribution in [-0.2, 0) is 16.4 Å². The number of carbonyl (C=O) groups excluding carboxylic acids is 1. The van der Waals surface area contributed by atoms with Gasteiger partial charge in [-0.2, -0.15) is 0 Å². The largest absolute Gasteiger partial charge is 0.362 e. The van der Waals surface area contributed by atoms with Gasteiger partial charge in [-0.3, -0.25) is 9.52 Å². The van der Waals surface area contributed by atoms with Crippen molar-refractivity contribution in [3.8, 4) is 0 Å². The lowest BCUT2D eigenvalue weighted by atomic mass is 10.1. The van der Waals surface area contributed by atoms with Crippen molar-refractivity contribution >= 4 is 53.9 Å². The van der Waals surface area contributed by atoms with Crippen LogP contribution in [0.3, 0.4) is 0 Å². The predicted octanol–water partition coefficient (Wildman–Crippen LogP) is 4.47. The van der Waals surface area contributed by atoms with Gasteiger partial charge in [0.1, 0.15) is 5.01 Å². The van der Waals surface area contributed by atoms with Crippen molar-refractivity contribution in [2.24, 2.45) is 0 Å². The fourth-order valence-electron chi connectivity index (χ4n) is 2.27.